The highest BCUT2D eigenvalue weighted by molar-refractivity contribution is 4.96. The Morgan fingerprint density at radius 1 is 1.75 bits per heavy atom. The quantitative estimate of drug-likeness (QED) is 0.686. The normalized spacial score (nSPS) is 12.3. The lowest BCUT2D eigenvalue weighted by Crippen LogP contribution is -2.07. The van der Waals surface area contributed by atoms with Gasteiger partial charge in [-0.1, -0.05) is 6.92 Å². The highest BCUT2D eigenvalue weighted by Gasteiger charge is 2.04. The number of rotatable bonds is 4. The van der Waals surface area contributed by atoms with E-state index in [2.05, 4.69) is 6.07 Å². The molecule has 64 valence electrons. The summed E-state index contributed by atoms with van der Waals surface area (Å²) in [4.78, 5) is 0. The Morgan fingerprint density at radius 2 is 2.58 bits per heavy atom. The van der Waals surface area contributed by atoms with Gasteiger partial charge < -0.3 is 9.15 Å². The Kier molecular flexibility index (Phi) is 3.36. The first-order chi connectivity index (χ1) is 5.86. The third kappa shape index (κ3) is 2.40. The zero-order chi connectivity index (χ0) is 8.81. The molecule has 1 unspecified atom stereocenters. The lowest BCUT2D eigenvalue weighted by molar-refractivity contribution is 0.0629. The van der Waals surface area contributed by atoms with Crippen LogP contribution in [0.1, 0.15) is 19.1 Å². The molecule has 12 heavy (non-hydrogen) atoms. The summed E-state index contributed by atoms with van der Waals surface area (Å²) in [7, 11) is 0. The lowest BCUT2D eigenvalue weighted by atomic mass is 10.3. The SMILES string of the molecule is CCC(C#N)OCc1ccco1. The fraction of sp³-hybridized carbons (Fsp3) is 0.444. The van der Waals surface area contributed by atoms with Gasteiger partial charge in [-0.25, -0.2) is 0 Å². The number of nitriles is 1. The van der Waals surface area contributed by atoms with Crippen molar-refractivity contribution in [1.29, 1.82) is 5.26 Å². The molecule has 1 aromatic rings. The summed E-state index contributed by atoms with van der Waals surface area (Å²) >= 11 is 0. The molecule has 0 aliphatic carbocycles. The molecule has 1 aromatic heterocycles. The second-order valence-corrected chi connectivity index (χ2v) is 2.42. The van der Waals surface area contributed by atoms with Gasteiger partial charge in [0.15, 0.2) is 0 Å². The molecule has 3 nitrogen and oxygen atoms in total. The van der Waals surface area contributed by atoms with Crippen LogP contribution < -0.4 is 0 Å². The van der Waals surface area contributed by atoms with E-state index in [4.69, 9.17) is 14.4 Å². The fourth-order valence-electron chi connectivity index (χ4n) is 0.824. The summed E-state index contributed by atoms with van der Waals surface area (Å²) < 4.78 is 10.3. The van der Waals surface area contributed by atoms with Crippen molar-refractivity contribution >= 4 is 0 Å². The first-order valence-electron chi connectivity index (χ1n) is 3.90. The second-order valence-electron chi connectivity index (χ2n) is 2.42. The predicted octanol–water partition coefficient (Wildman–Crippen LogP) is 2.10. The standard InChI is InChI=1S/C9H11NO2/c1-2-8(6-10)12-7-9-4-3-5-11-9/h3-5,8H,2,7H2,1H3. The maximum atomic E-state index is 8.55. The Labute approximate surface area is 71.6 Å². The zero-order valence-corrected chi connectivity index (χ0v) is 6.99. The van der Waals surface area contributed by atoms with E-state index in [9.17, 15) is 0 Å². The van der Waals surface area contributed by atoms with Crippen LogP contribution in [-0.4, -0.2) is 6.10 Å². The topological polar surface area (TPSA) is 46.2 Å². The van der Waals surface area contributed by atoms with Crippen LogP contribution in [0.4, 0.5) is 0 Å². The van der Waals surface area contributed by atoms with Crippen LogP contribution in [-0.2, 0) is 11.3 Å². The summed E-state index contributed by atoms with van der Waals surface area (Å²) in [6.07, 6.45) is 1.97. The van der Waals surface area contributed by atoms with Crippen molar-refractivity contribution in [3.05, 3.63) is 24.2 Å². The first kappa shape index (κ1) is 8.82. The molecule has 0 bridgehead atoms. The molecule has 1 atom stereocenters. The van der Waals surface area contributed by atoms with Crippen molar-refractivity contribution < 1.29 is 9.15 Å². The van der Waals surface area contributed by atoms with Crippen LogP contribution in [0.2, 0.25) is 0 Å². The van der Waals surface area contributed by atoms with E-state index in [1.54, 1.807) is 12.3 Å². The maximum absolute atomic E-state index is 8.55. The van der Waals surface area contributed by atoms with Gasteiger partial charge in [0.25, 0.3) is 0 Å². The molecule has 0 aliphatic rings. The molecule has 0 N–H and O–H groups in total. The van der Waals surface area contributed by atoms with Crippen molar-refractivity contribution in [2.45, 2.75) is 26.1 Å². The van der Waals surface area contributed by atoms with Crippen LogP contribution in [0.5, 0.6) is 0 Å². The Balaban J connectivity index is 2.31. The van der Waals surface area contributed by atoms with E-state index in [1.165, 1.54) is 0 Å². The average molecular weight is 165 g/mol. The molecule has 0 saturated carbocycles. The largest absolute Gasteiger partial charge is 0.467 e. The minimum absolute atomic E-state index is 0.324. The summed E-state index contributed by atoms with van der Waals surface area (Å²) in [6.45, 7) is 2.29. The third-order valence-electron chi connectivity index (χ3n) is 1.52. The fourth-order valence-corrected chi connectivity index (χ4v) is 0.824. The molecule has 0 spiro atoms. The van der Waals surface area contributed by atoms with Crippen LogP contribution in [0.25, 0.3) is 0 Å². The smallest absolute Gasteiger partial charge is 0.144 e. The lowest BCUT2D eigenvalue weighted by Gasteiger charge is -2.05. The van der Waals surface area contributed by atoms with Gasteiger partial charge >= 0.3 is 0 Å². The van der Waals surface area contributed by atoms with Gasteiger partial charge in [-0.15, -0.1) is 0 Å². The van der Waals surface area contributed by atoms with Crippen molar-refractivity contribution in [3.63, 3.8) is 0 Å². The predicted molar refractivity (Wildman–Crippen MR) is 43.2 cm³/mol. The molecule has 0 saturated heterocycles. The van der Waals surface area contributed by atoms with Gasteiger partial charge in [0.2, 0.25) is 0 Å². The van der Waals surface area contributed by atoms with Crippen molar-refractivity contribution in [2.24, 2.45) is 0 Å². The van der Waals surface area contributed by atoms with E-state index < -0.39 is 0 Å². The molecular formula is C9H11NO2. The molecule has 3 heteroatoms. The molecule has 0 aromatic carbocycles. The van der Waals surface area contributed by atoms with Crippen molar-refractivity contribution in [3.8, 4) is 6.07 Å². The van der Waals surface area contributed by atoms with Gasteiger partial charge in [0, 0.05) is 0 Å². The second kappa shape index (κ2) is 4.58. The summed E-state index contributed by atoms with van der Waals surface area (Å²) in [6, 6.07) is 5.67. The number of nitrogens with zero attached hydrogens (tertiary/aromatic N) is 1. The van der Waals surface area contributed by atoms with Crippen LogP contribution >= 0.6 is 0 Å². The first-order valence-corrected chi connectivity index (χ1v) is 3.90. The summed E-state index contributed by atoms with van der Waals surface area (Å²) in [5.74, 6) is 0.753. The van der Waals surface area contributed by atoms with Crippen LogP contribution in [0.15, 0.2) is 22.8 Å². The minimum Gasteiger partial charge on any atom is -0.467 e. The Morgan fingerprint density at radius 3 is 3.08 bits per heavy atom. The summed E-state index contributed by atoms with van der Waals surface area (Å²) in [5.41, 5.74) is 0. The number of hydrogen-bond acceptors (Lipinski definition) is 3. The Bertz CT molecular complexity index is 248. The maximum Gasteiger partial charge on any atom is 0.144 e. The van der Waals surface area contributed by atoms with Gasteiger partial charge in [-0.3, -0.25) is 0 Å². The zero-order valence-electron chi connectivity index (χ0n) is 6.99. The average Bonchev–Trinajstić information content (AvgIpc) is 2.59. The third-order valence-corrected chi connectivity index (χ3v) is 1.52. The monoisotopic (exact) mass is 165 g/mol. The number of hydrogen-bond donors (Lipinski definition) is 0. The van der Waals surface area contributed by atoms with E-state index in [0.717, 1.165) is 5.76 Å². The van der Waals surface area contributed by atoms with Gasteiger partial charge in [-0.05, 0) is 18.6 Å². The van der Waals surface area contributed by atoms with Crippen LogP contribution in [0.3, 0.4) is 0 Å². The van der Waals surface area contributed by atoms with Crippen LogP contribution in [0, 0.1) is 11.3 Å². The number of ether oxygens (including phenoxy) is 1. The Hall–Kier alpha value is -1.27. The van der Waals surface area contributed by atoms with E-state index in [1.807, 2.05) is 13.0 Å². The summed E-state index contributed by atoms with van der Waals surface area (Å²) in [5, 5.41) is 8.55. The molecular weight excluding hydrogens is 154 g/mol. The van der Waals surface area contributed by atoms with E-state index in [-0.39, 0.29) is 6.10 Å². The van der Waals surface area contributed by atoms with Crippen molar-refractivity contribution in [2.75, 3.05) is 0 Å². The molecule has 0 radical (unpaired) electrons. The van der Waals surface area contributed by atoms with Gasteiger partial charge in [0.05, 0.1) is 12.3 Å². The highest BCUT2D eigenvalue weighted by Crippen LogP contribution is 2.05. The van der Waals surface area contributed by atoms with Gasteiger partial charge in [0.1, 0.15) is 18.5 Å². The molecule has 0 aliphatic heterocycles. The van der Waals surface area contributed by atoms with E-state index >= 15 is 0 Å². The molecule has 1 heterocycles. The highest BCUT2D eigenvalue weighted by atomic mass is 16.5. The molecule has 1 rings (SSSR count). The van der Waals surface area contributed by atoms with E-state index in [0.29, 0.717) is 13.0 Å². The van der Waals surface area contributed by atoms with Gasteiger partial charge in [-0.2, -0.15) is 5.26 Å². The molecule has 0 fully saturated rings. The number of furan rings is 1. The minimum atomic E-state index is -0.324. The van der Waals surface area contributed by atoms with Crippen molar-refractivity contribution in [1.82, 2.24) is 0 Å². The molecule has 0 amide bonds.